The van der Waals surface area contributed by atoms with E-state index in [9.17, 15) is 4.79 Å². The van der Waals surface area contributed by atoms with Gasteiger partial charge in [-0.15, -0.1) is 22.7 Å². The summed E-state index contributed by atoms with van der Waals surface area (Å²) in [5, 5.41) is 2.46. The van der Waals surface area contributed by atoms with Crippen molar-refractivity contribution in [2.45, 2.75) is 26.7 Å². The maximum Gasteiger partial charge on any atom is 0.173 e. The lowest BCUT2D eigenvalue weighted by atomic mass is 9.75. The van der Waals surface area contributed by atoms with Crippen LogP contribution in [0.3, 0.4) is 0 Å². The van der Waals surface area contributed by atoms with Gasteiger partial charge in [0.25, 0.3) is 0 Å². The Hall–Kier alpha value is -2.54. The number of anilines is 1. The highest BCUT2D eigenvalue weighted by atomic mass is 32.1. The Morgan fingerprint density at radius 1 is 1.03 bits per heavy atom. The zero-order valence-electron chi connectivity index (χ0n) is 18.9. The number of aromatic nitrogens is 1. The first kappa shape index (κ1) is 21.0. The molecule has 0 unspecified atom stereocenters. The molecule has 1 aliphatic carbocycles. The maximum atomic E-state index is 13.1. The first-order valence-corrected chi connectivity index (χ1v) is 13.1. The molecule has 3 aromatic heterocycles. The number of nitrogens with zero attached hydrogens (tertiary/aromatic N) is 2. The highest BCUT2D eigenvalue weighted by Gasteiger charge is 2.37. The van der Waals surface area contributed by atoms with Gasteiger partial charge in [-0.05, 0) is 52.6 Å². The van der Waals surface area contributed by atoms with Crippen LogP contribution in [0.1, 0.15) is 35.5 Å². The molecule has 4 aromatic rings. The summed E-state index contributed by atoms with van der Waals surface area (Å²) < 4.78 is 6.89. The fourth-order valence-electron chi connectivity index (χ4n) is 5.02. The van der Waals surface area contributed by atoms with Crippen LogP contribution in [0.2, 0.25) is 0 Å². The largest absolute Gasteiger partial charge is 0.378 e. The quantitative estimate of drug-likeness (QED) is 0.332. The van der Waals surface area contributed by atoms with Gasteiger partial charge >= 0.3 is 0 Å². The topological polar surface area (TPSA) is 42.4 Å². The minimum absolute atomic E-state index is 0.0243. The number of morpholine rings is 1. The third-order valence-corrected chi connectivity index (χ3v) is 9.03. The molecule has 2 aliphatic rings. The number of benzene rings is 1. The second-order valence-electron chi connectivity index (χ2n) is 9.71. The van der Waals surface area contributed by atoms with Gasteiger partial charge < -0.3 is 9.64 Å². The van der Waals surface area contributed by atoms with E-state index in [0.29, 0.717) is 6.42 Å². The molecule has 0 radical (unpaired) electrons. The van der Waals surface area contributed by atoms with E-state index in [4.69, 9.17) is 9.72 Å². The Bertz CT molecular complexity index is 1330. The van der Waals surface area contributed by atoms with Gasteiger partial charge in [0, 0.05) is 36.0 Å². The van der Waals surface area contributed by atoms with Crippen molar-refractivity contribution in [1.82, 2.24) is 4.98 Å². The molecule has 6 heteroatoms. The molecule has 1 saturated heterocycles. The van der Waals surface area contributed by atoms with Gasteiger partial charge in [-0.25, -0.2) is 0 Å². The molecule has 6 rings (SSSR count). The number of carbonyl (C=O) groups excluding carboxylic acids is 1. The van der Waals surface area contributed by atoms with Crippen LogP contribution in [0.5, 0.6) is 0 Å². The number of pyridine rings is 1. The predicted octanol–water partition coefficient (Wildman–Crippen LogP) is 6.68. The van der Waals surface area contributed by atoms with E-state index in [1.54, 1.807) is 22.7 Å². The van der Waals surface area contributed by atoms with E-state index in [1.807, 2.05) is 6.20 Å². The van der Waals surface area contributed by atoms with E-state index in [0.717, 1.165) is 48.9 Å². The summed E-state index contributed by atoms with van der Waals surface area (Å²) >= 11 is 3.46. The molecule has 4 nitrogen and oxygen atoms in total. The van der Waals surface area contributed by atoms with Crippen molar-refractivity contribution in [2.24, 2.45) is 5.41 Å². The summed E-state index contributed by atoms with van der Waals surface area (Å²) in [6, 6.07) is 15.0. The molecular formula is C27H26N2O2S2. The summed E-state index contributed by atoms with van der Waals surface area (Å²) in [7, 11) is 0. The highest BCUT2D eigenvalue weighted by Crippen LogP contribution is 2.50. The number of rotatable bonds is 3. The fourth-order valence-corrected chi connectivity index (χ4v) is 7.38. The minimum Gasteiger partial charge on any atom is -0.378 e. The number of hydrogen-bond acceptors (Lipinski definition) is 6. The Kier molecular flexibility index (Phi) is 5.13. The Morgan fingerprint density at radius 3 is 2.67 bits per heavy atom. The summed E-state index contributed by atoms with van der Waals surface area (Å²) in [5.41, 5.74) is 4.56. The van der Waals surface area contributed by atoms with Gasteiger partial charge in [0.05, 0.1) is 33.7 Å². The number of thiophene rings is 2. The van der Waals surface area contributed by atoms with Crippen LogP contribution in [0.25, 0.3) is 31.8 Å². The highest BCUT2D eigenvalue weighted by molar-refractivity contribution is 7.22. The average molecular weight is 475 g/mol. The third-order valence-electron chi connectivity index (χ3n) is 6.56. The van der Waals surface area contributed by atoms with Crippen molar-refractivity contribution in [3.05, 3.63) is 59.1 Å². The maximum absolute atomic E-state index is 13.1. The van der Waals surface area contributed by atoms with E-state index in [1.165, 1.54) is 31.1 Å². The standard InChI is InChI=1S/C27H26N2O2S2/c1-27(2)15-19-24(26(29-9-11-31-12-10-29)33-25(19)21(30)16-27)18-7-8-28-20(13-18)23-14-17-5-3-4-6-22(17)32-23/h3-8,13-14H,9-12,15-16H2,1-2H3. The smallest absolute Gasteiger partial charge is 0.173 e. The summed E-state index contributed by atoms with van der Waals surface area (Å²) in [5.74, 6) is 0.283. The molecule has 1 aromatic carbocycles. The minimum atomic E-state index is -0.0243. The molecule has 4 heterocycles. The first-order chi connectivity index (χ1) is 16.0. The Morgan fingerprint density at radius 2 is 1.85 bits per heavy atom. The summed E-state index contributed by atoms with van der Waals surface area (Å²) in [6.45, 7) is 7.59. The molecular weight excluding hydrogens is 448 g/mol. The van der Waals surface area contributed by atoms with Gasteiger partial charge in [0.15, 0.2) is 5.78 Å². The molecule has 1 fully saturated rings. The van der Waals surface area contributed by atoms with Crippen molar-refractivity contribution in [3.8, 4) is 21.7 Å². The first-order valence-electron chi connectivity index (χ1n) is 11.5. The van der Waals surface area contributed by atoms with Crippen molar-refractivity contribution < 1.29 is 9.53 Å². The van der Waals surface area contributed by atoms with E-state index in [2.05, 4.69) is 61.2 Å². The van der Waals surface area contributed by atoms with E-state index < -0.39 is 0 Å². The monoisotopic (exact) mass is 474 g/mol. The number of carbonyl (C=O) groups is 1. The second kappa shape index (κ2) is 8.05. The predicted molar refractivity (Wildman–Crippen MR) is 138 cm³/mol. The molecule has 0 bridgehead atoms. The lowest BCUT2D eigenvalue weighted by Gasteiger charge is -2.30. The van der Waals surface area contributed by atoms with Crippen LogP contribution in [0.4, 0.5) is 5.00 Å². The van der Waals surface area contributed by atoms with Crippen LogP contribution in [-0.4, -0.2) is 37.1 Å². The van der Waals surface area contributed by atoms with Gasteiger partial charge in [-0.3, -0.25) is 9.78 Å². The molecule has 168 valence electrons. The second-order valence-corrected chi connectivity index (χ2v) is 11.8. The van der Waals surface area contributed by atoms with Crippen molar-refractivity contribution in [3.63, 3.8) is 0 Å². The number of hydrogen-bond donors (Lipinski definition) is 0. The number of fused-ring (bicyclic) bond motifs is 2. The lowest BCUT2D eigenvalue weighted by Crippen LogP contribution is -2.36. The average Bonchev–Trinajstić information content (AvgIpc) is 3.41. The van der Waals surface area contributed by atoms with Crippen LogP contribution in [0, 0.1) is 5.41 Å². The van der Waals surface area contributed by atoms with Crippen LogP contribution >= 0.6 is 22.7 Å². The Balaban J connectivity index is 1.51. The van der Waals surface area contributed by atoms with Gasteiger partial charge in [0.1, 0.15) is 0 Å². The summed E-state index contributed by atoms with van der Waals surface area (Å²) in [4.78, 5) is 22.4. The van der Waals surface area contributed by atoms with Gasteiger partial charge in [-0.1, -0.05) is 32.0 Å². The number of ketones is 1. The van der Waals surface area contributed by atoms with Crippen molar-refractivity contribution in [1.29, 1.82) is 0 Å². The van der Waals surface area contributed by atoms with Gasteiger partial charge in [-0.2, -0.15) is 0 Å². The molecule has 0 saturated carbocycles. The van der Waals surface area contributed by atoms with Crippen LogP contribution in [0.15, 0.2) is 48.7 Å². The number of Topliss-reactive ketones (excluding diaryl/α,β-unsaturated/α-hetero) is 1. The van der Waals surface area contributed by atoms with Gasteiger partial charge in [0.2, 0.25) is 0 Å². The number of ether oxygens (including phenoxy) is 1. The molecule has 33 heavy (non-hydrogen) atoms. The van der Waals surface area contributed by atoms with Crippen LogP contribution < -0.4 is 4.90 Å². The molecule has 1 aliphatic heterocycles. The molecule has 0 spiro atoms. The van der Waals surface area contributed by atoms with Crippen molar-refractivity contribution >= 4 is 43.5 Å². The zero-order chi connectivity index (χ0) is 22.6. The Labute approximate surface area is 201 Å². The SMILES string of the molecule is CC1(C)CC(=O)c2sc(N3CCOCC3)c(-c3ccnc(-c4cc5ccccc5s4)c3)c2C1. The van der Waals surface area contributed by atoms with E-state index >= 15 is 0 Å². The lowest BCUT2D eigenvalue weighted by molar-refractivity contribution is 0.0918. The van der Waals surface area contributed by atoms with E-state index in [-0.39, 0.29) is 11.2 Å². The zero-order valence-corrected chi connectivity index (χ0v) is 20.5. The fraction of sp³-hybridized carbons (Fsp3) is 0.333. The third kappa shape index (κ3) is 3.80. The molecule has 0 atom stereocenters. The molecule has 0 N–H and O–H groups in total. The van der Waals surface area contributed by atoms with Crippen LogP contribution in [-0.2, 0) is 11.2 Å². The summed E-state index contributed by atoms with van der Waals surface area (Å²) in [6.07, 6.45) is 3.45. The normalized spacial score (nSPS) is 18.0. The molecule has 0 amide bonds. The van der Waals surface area contributed by atoms with Crippen molar-refractivity contribution in [2.75, 3.05) is 31.2 Å².